The third kappa shape index (κ3) is 6.66. The average molecular weight is 439 g/mol. The van der Waals surface area contributed by atoms with Gasteiger partial charge in [0.05, 0.1) is 6.04 Å². The van der Waals surface area contributed by atoms with E-state index in [4.69, 9.17) is 0 Å². The number of aliphatic carboxylic acids is 1. The van der Waals surface area contributed by atoms with E-state index in [2.05, 4.69) is 16.0 Å². The largest absolute Gasteiger partial charge is 0.480 e. The van der Waals surface area contributed by atoms with Crippen LogP contribution in [0.4, 0.5) is 0 Å². The third-order valence-electron chi connectivity index (χ3n) is 6.31. The molecule has 9 heteroatoms. The topological polar surface area (TPSA) is 128 Å². The van der Waals surface area contributed by atoms with Crippen molar-refractivity contribution >= 4 is 23.7 Å². The minimum atomic E-state index is -1.09. The van der Waals surface area contributed by atoms with Crippen molar-refractivity contribution in [2.75, 3.05) is 13.1 Å². The molecule has 2 aliphatic heterocycles. The zero-order chi connectivity index (χ0) is 23.1. The van der Waals surface area contributed by atoms with Crippen molar-refractivity contribution in [1.29, 1.82) is 0 Å². The van der Waals surface area contributed by atoms with E-state index in [1.54, 1.807) is 4.90 Å². The van der Waals surface area contributed by atoms with E-state index >= 15 is 0 Å². The van der Waals surface area contributed by atoms with Gasteiger partial charge in [-0.05, 0) is 50.5 Å². The van der Waals surface area contributed by atoms with E-state index in [9.17, 15) is 24.3 Å². The number of carboxylic acid groups (broad SMARTS) is 1. The maximum atomic E-state index is 13.1. The van der Waals surface area contributed by atoms with Crippen LogP contribution in [0.15, 0.2) is 0 Å². The van der Waals surface area contributed by atoms with Gasteiger partial charge < -0.3 is 26.0 Å². The Morgan fingerprint density at radius 1 is 1.10 bits per heavy atom. The van der Waals surface area contributed by atoms with E-state index < -0.39 is 30.0 Å². The average Bonchev–Trinajstić information content (AvgIpc) is 3.41. The maximum absolute atomic E-state index is 13.1. The second-order valence-corrected chi connectivity index (χ2v) is 9.24. The Hall–Kier alpha value is -2.16. The van der Waals surface area contributed by atoms with Crippen LogP contribution >= 0.6 is 0 Å². The van der Waals surface area contributed by atoms with Gasteiger partial charge in [0.2, 0.25) is 17.7 Å². The van der Waals surface area contributed by atoms with Gasteiger partial charge in [-0.2, -0.15) is 0 Å². The molecule has 2 aliphatic rings. The molecule has 5 atom stereocenters. The van der Waals surface area contributed by atoms with Gasteiger partial charge in [-0.15, -0.1) is 0 Å². The number of carbonyl (C=O) groups excluding carboxylic acids is 3. The van der Waals surface area contributed by atoms with Crippen molar-refractivity contribution in [2.45, 2.75) is 90.4 Å². The highest BCUT2D eigenvalue weighted by molar-refractivity contribution is 5.94. The van der Waals surface area contributed by atoms with Crippen LogP contribution in [0.5, 0.6) is 0 Å². The molecule has 2 heterocycles. The first-order valence-corrected chi connectivity index (χ1v) is 11.5. The zero-order valence-corrected chi connectivity index (χ0v) is 19.1. The van der Waals surface area contributed by atoms with Crippen molar-refractivity contribution in [3.05, 3.63) is 0 Å². The first-order chi connectivity index (χ1) is 14.6. The first kappa shape index (κ1) is 25.1. The van der Waals surface area contributed by atoms with Gasteiger partial charge in [-0.3, -0.25) is 14.4 Å². The number of rotatable bonds is 10. The summed E-state index contributed by atoms with van der Waals surface area (Å²) in [7, 11) is 0. The highest BCUT2D eigenvalue weighted by atomic mass is 16.4. The number of carbonyl (C=O) groups is 4. The van der Waals surface area contributed by atoms with Crippen LogP contribution in [0.1, 0.15) is 66.2 Å². The Morgan fingerprint density at radius 3 is 2.35 bits per heavy atom. The SMILES string of the molecule is CCC(C)C(NC(=O)C1CCCN1C(=O)C1CCCN1)C(=O)NC(CC(C)C)C(=O)O. The van der Waals surface area contributed by atoms with Gasteiger partial charge in [0.25, 0.3) is 0 Å². The van der Waals surface area contributed by atoms with Crippen LogP contribution in [0, 0.1) is 11.8 Å². The Bertz CT molecular complexity index is 662. The van der Waals surface area contributed by atoms with Crippen LogP contribution < -0.4 is 16.0 Å². The fourth-order valence-corrected chi connectivity index (χ4v) is 4.30. The van der Waals surface area contributed by atoms with Crippen LogP contribution in [0.2, 0.25) is 0 Å². The molecule has 2 saturated heterocycles. The van der Waals surface area contributed by atoms with Gasteiger partial charge >= 0.3 is 5.97 Å². The second kappa shape index (κ2) is 11.5. The maximum Gasteiger partial charge on any atom is 0.326 e. The normalized spacial score (nSPS) is 24.0. The molecule has 0 saturated carbocycles. The van der Waals surface area contributed by atoms with Gasteiger partial charge in [0.15, 0.2) is 0 Å². The Labute approximate surface area is 184 Å². The van der Waals surface area contributed by atoms with Crippen molar-refractivity contribution in [1.82, 2.24) is 20.9 Å². The molecule has 9 nitrogen and oxygen atoms in total. The number of nitrogens with one attached hydrogen (secondary N) is 3. The van der Waals surface area contributed by atoms with Gasteiger partial charge in [-0.1, -0.05) is 34.1 Å². The Kier molecular flexibility index (Phi) is 9.28. The molecule has 2 rings (SSSR count). The van der Waals surface area contributed by atoms with Crippen LogP contribution in [0.25, 0.3) is 0 Å². The van der Waals surface area contributed by atoms with Crippen molar-refractivity contribution in [3.8, 4) is 0 Å². The molecule has 2 fully saturated rings. The molecule has 3 amide bonds. The molecule has 0 radical (unpaired) electrons. The predicted octanol–water partition coefficient (Wildman–Crippen LogP) is 0.876. The molecule has 0 bridgehead atoms. The number of carboxylic acids is 1. The van der Waals surface area contributed by atoms with E-state index in [0.29, 0.717) is 25.8 Å². The molecule has 0 aromatic carbocycles. The lowest BCUT2D eigenvalue weighted by molar-refractivity contribution is -0.144. The van der Waals surface area contributed by atoms with Gasteiger partial charge in [-0.25, -0.2) is 4.79 Å². The first-order valence-electron chi connectivity index (χ1n) is 11.5. The summed E-state index contributed by atoms with van der Waals surface area (Å²) in [6.45, 7) is 8.88. The predicted molar refractivity (Wildman–Crippen MR) is 116 cm³/mol. The molecule has 31 heavy (non-hydrogen) atoms. The molecule has 5 unspecified atom stereocenters. The summed E-state index contributed by atoms with van der Waals surface area (Å²) in [6, 6.07) is -2.70. The summed E-state index contributed by atoms with van der Waals surface area (Å²) in [6.07, 6.45) is 3.96. The van der Waals surface area contributed by atoms with Crippen LogP contribution in [-0.2, 0) is 19.2 Å². The van der Waals surface area contributed by atoms with Crippen molar-refractivity contribution < 1.29 is 24.3 Å². The summed E-state index contributed by atoms with van der Waals surface area (Å²) in [5.74, 6) is -2.07. The standard InChI is InChI=1S/C22H38N4O5/c1-5-14(4)18(20(28)24-16(22(30)31)12-13(2)3)25-19(27)17-9-7-11-26(17)21(29)15-8-6-10-23-15/h13-18,23H,5-12H2,1-4H3,(H,24,28)(H,25,27)(H,30,31). The second-order valence-electron chi connectivity index (χ2n) is 9.24. The van der Waals surface area contributed by atoms with Gasteiger partial charge in [0.1, 0.15) is 18.1 Å². The molecular weight excluding hydrogens is 400 g/mol. The van der Waals surface area contributed by atoms with Gasteiger partial charge in [0, 0.05) is 6.54 Å². The number of likely N-dealkylation sites (tertiary alicyclic amines) is 1. The summed E-state index contributed by atoms with van der Waals surface area (Å²) >= 11 is 0. The Morgan fingerprint density at radius 2 is 1.81 bits per heavy atom. The fraction of sp³-hybridized carbons (Fsp3) is 0.818. The highest BCUT2D eigenvalue weighted by Gasteiger charge is 2.39. The number of hydrogen-bond donors (Lipinski definition) is 4. The van der Waals surface area contributed by atoms with Crippen molar-refractivity contribution in [3.63, 3.8) is 0 Å². The minimum absolute atomic E-state index is 0.0532. The van der Waals surface area contributed by atoms with Crippen LogP contribution in [0.3, 0.4) is 0 Å². The lowest BCUT2D eigenvalue weighted by atomic mass is 9.96. The Balaban J connectivity index is 2.08. The lowest BCUT2D eigenvalue weighted by Gasteiger charge is -2.30. The molecule has 0 aromatic rings. The lowest BCUT2D eigenvalue weighted by Crippen LogP contribution is -2.58. The smallest absolute Gasteiger partial charge is 0.326 e. The zero-order valence-electron chi connectivity index (χ0n) is 19.1. The monoisotopic (exact) mass is 438 g/mol. The molecule has 0 spiro atoms. The molecule has 176 valence electrons. The summed E-state index contributed by atoms with van der Waals surface area (Å²) in [5, 5.41) is 18.1. The molecule has 4 N–H and O–H groups in total. The minimum Gasteiger partial charge on any atom is -0.480 e. The fourth-order valence-electron chi connectivity index (χ4n) is 4.30. The van der Waals surface area contributed by atoms with Crippen LogP contribution in [-0.4, -0.2) is 71.0 Å². The number of hydrogen-bond acceptors (Lipinski definition) is 5. The third-order valence-corrected chi connectivity index (χ3v) is 6.31. The summed E-state index contributed by atoms with van der Waals surface area (Å²) < 4.78 is 0. The number of nitrogens with zero attached hydrogens (tertiary/aromatic N) is 1. The molecule has 0 aliphatic carbocycles. The van der Waals surface area contributed by atoms with E-state index in [1.807, 2.05) is 27.7 Å². The molecular formula is C22H38N4O5. The summed E-state index contributed by atoms with van der Waals surface area (Å²) in [4.78, 5) is 52.0. The van der Waals surface area contributed by atoms with Crippen molar-refractivity contribution in [2.24, 2.45) is 11.8 Å². The number of amides is 3. The van der Waals surface area contributed by atoms with E-state index in [-0.39, 0.29) is 29.7 Å². The molecule has 0 aromatic heterocycles. The summed E-state index contributed by atoms with van der Waals surface area (Å²) in [5.41, 5.74) is 0. The highest BCUT2D eigenvalue weighted by Crippen LogP contribution is 2.21. The van der Waals surface area contributed by atoms with E-state index in [0.717, 1.165) is 25.8 Å². The van der Waals surface area contributed by atoms with E-state index in [1.165, 1.54) is 0 Å². The quantitative estimate of drug-likeness (QED) is 0.401.